The molecule has 4 heteroatoms. The number of hydrogen-bond donors (Lipinski definition) is 1. The van der Waals surface area contributed by atoms with Crippen LogP contribution in [0.3, 0.4) is 0 Å². The van der Waals surface area contributed by atoms with Gasteiger partial charge in [0.2, 0.25) is 0 Å². The minimum Gasteiger partial charge on any atom is -0.388 e. The van der Waals surface area contributed by atoms with E-state index in [2.05, 4.69) is 5.32 Å². The predicted molar refractivity (Wildman–Crippen MR) is 58.7 cm³/mol. The topological polar surface area (TPSA) is 55.2 Å². The van der Waals surface area contributed by atoms with Crippen molar-refractivity contribution >= 4 is 11.4 Å². The summed E-state index contributed by atoms with van der Waals surface area (Å²) in [6, 6.07) is 4.73. The van der Waals surface area contributed by atoms with Crippen LogP contribution in [-0.2, 0) is 0 Å². The van der Waals surface area contributed by atoms with E-state index in [1.807, 2.05) is 20.8 Å². The van der Waals surface area contributed by atoms with Crippen LogP contribution in [0.15, 0.2) is 18.2 Å². The fourth-order valence-corrected chi connectivity index (χ4v) is 1.04. The van der Waals surface area contributed by atoms with Gasteiger partial charge in [-0.1, -0.05) is 13.8 Å². The highest BCUT2D eigenvalue weighted by molar-refractivity contribution is 5.54. The van der Waals surface area contributed by atoms with E-state index < -0.39 is 4.92 Å². The summed E-state index contributed by atoms with van der Waals surface area (Å²) in [5.41, 5.74) is 1.93. The fraction of sp³-hybridized carbons (Fsp3) is 0.400. The highest BCUT2D eigenvalue weighted by atomic mass is 16.6. The maximum atomic E-state index is 10.3. The average Bonchev–Trinajstić information content (AvgIpc) is 2.20. The van der Waals surface area contributed by atoms with Gasteiger partial charge < -0.3 is 5.32 Å². The summed E-state index contributed by atoms with van der Waals surface area (Å²) in [4.78, 5) is 9.94. The molecule has 0 bridgehead atoms. The Bertz CT molecular complexity index is 311. The number of benzene rings is 1. The van der Waals surface area contributed by atoms with Crippen LogP contribution in [0.4, 0.5) is 11.4 Å². The highest BCUT2D eigenvalue weighted by Crippen LogP contribution is 2.20. The second-order valence-electron chi connectivity index (χ2n) is 2.51. The van der Waals surface area contributed by atoms with Crippen LogP contribution in [0.1, 0.15) is 19.4 Å². The second-order valence-corrected chi connectivity index (χ2v) is 2.51. The van der Waals surface area contributed by atoms with Gasteiger partial charge in [-0.15, -0.1) is 0 Å². The number of aryl methyl sites for hydroxylation is 1. The van der Waals surface area contributed by atoms with E-state index >= 15 is 0 Å². The summed E-state index contributed by atoms with van der Waals surface area (Å²) < 4.78 is 0. The van der Waals surface area contributed by atoms with Crippen molar-refractivity contribution in [2.75, 3.05) is 12.4 Å². The molecule has 0 aliphatic carbocycles. The van der Waals surface area contributed by atoms with E-state index in [1.165, 1.54) is 6.07 Å². The Morgan fingerprint density at radius 2 is 1.93 bits per heavy atom. The Kier molecular flexibility index (Phi) is 5.29. The normalized spacial score (nSPS) is 8.57. The first-order valence-electron chi connectivity index (χ1n) is 4.58. The Morgan fingerprint density at radius 3 is 2.29 bits per heavy atom. The molecule has 0 heterocycles. The van der Waals surface area contributed by atoms with Gasteiger partial charge in [-0.3, -0.25) is 10.1 Å². The van der Waals surface area contributed by atoms with Crippen molar-refractivity contribution in [1.29, 1.82) is 0 Å². The summed E-state index contributed by atoms with van der Waals surface area (Å²) in [6.07, 6.45) is 0. The molecule has 0 fully saturated rings. The summed E-state index contributed by atoms with van der Waals surface area (Å²) in [5, 5.41) is 13.3. The summed E-state index contributed by atoms with van der Waals surface area (Å²) in [6.45, 7) is 5.83. The molecule has 1 aromatic carbocycles. The van der Waals surface area contributed by atoms with Gasteiger partial charge in [0.15, 0.2) is 0 Å². The van der Waals surface area contributed by atoms with Gasteiger partial charge in [-0.2, -0.15) is 0 Å². The molecule has 0 saturated carbocycles. The van der Waals surface area contributed by atoms with Crippen molar-refractivity contribution in [3.05, 3.63) is 33.9 Å². The molecule has 1 rings (SSSR count). The molecule has 0 amide bonds. The highest BCUT2D eigenvalue weighted by Gasteiger charge is 2.06. The third-order valence-electron chi connectivity index (χ3n) is 1.69. The lowest BCUT2D eigenvalue weighted by Gasteiger charge is -2.02. The molecule has 0 spiro atoms. The molecule has 14 heavy (non-hydrogen) atoms. The molecule has 0 saturated heterocycles. The molecule has 78 valence electrons. The van der Waals surface area contributed by atoms with Crippen LogP contribution in [0.5, 0.6) is 0 Å². The lowest BCUT2D eigenvalue weighted by molar-refractivity contribution is -0.384. The summed E-state index contributed by atoms with van der Waals surface area (Å²) in [7, 11) is 1.79. The van der Waals surface area contributed by atoms with Crippen molar-refractivity contribution in [3.63, 3.8) is 0 Å². The first kappa shape index (κ1) is 12.4. The zero-order valence-electron chi connectivity index (χ0n) is 9.00. The zero-order chi connectivity index (χ0) is 11.1. The first-order chi connectivity index (χ1) is 6.65. The second kappa shape index (κ2) is 5.96. The van der Waals surface area contributed by atoms with E-state index in [-0.39, 0.29) is 5.69 Å². The van der Waals surface area contributed by atoms with E-state index in [9.17, 15) is 10.1 Å². The third-order valence-corrected chi connectivity index (χ3v) is 1.69. The SMILES string of the molecule is CC.CNc1ccc([N+](=O)[O-])cc1C. The summed E-state index contributed by atoms with van der Waals surface area (Å²) in [5.74, 6) is 0. The molecule has 0 aromatic heterocycles. The molecule has 0 atom stereocenters. The Labute approximate surface area is 84.1 Å². The molecule has 0 unspecified atom stereocenters. The molecule has 1 aromatic rings. The van der Waals surface area contributed by atoms with Crippen molar-refractivity contribution < 1.29 is 4.92 Å². The molecule has 0 radical (unpaired) electrons. The maximum absolute atomic E-state index is 10.3. The van der Waals surface area contributed by atoms with Crippen molar-refractivity contribution in [1.82, 2.24) is 0 Å². The molecular formula is C10H16N2O2. The van der Waals surface area contributed by atoms with E-state index in [0.717, 1.165) is 11.3 Å². The van der Waals surface area contributed by atoms with Crippen LogP contribution in [0.2, 0.25) is 0 Å². The number of nitro benzene ring substituents is 1. The minimum atomic E-state index is -0.396. The van der Waals surface area contributed by atoms with Gasteiger partial charge in [-0.25, -0.2) is 0 Å². The number of nitro groups is 1. The Hall–Kier alpha value is -1.58. The van der Waals surface area contributed by atoms with Gasteiger partial charge in [0.1, 0.15) is 0 Å². The van der Waals surface area contributed by atoms with Crippen molar-refractivity contribution in [2.24, 2.45) is 0 Å². The van der Waals surface area contributed by atoms with Crippen LogP contribution in [0.25, 0.3) is 0 Å². The monoisotopic (exact) mass is 196 g/mol. The molecule has 1 N–H and O–H groups in total. The number of nitrogens with zero attached hydrogens (tertiary/aromatic N) is 1. The number of non-ortho nitro benzene ring substituents is 1. The van der Waals surface area contributed by atoms with Gasteiger partial charge in [0, 0.05) is 24.9 Å². The lowest BCUT2D eigenvalue weighted by atomic mass is 10.2. The van der Waals surface area contributed by atoms with E-state index in [4.69, 9.17) is 0 Å². The molecular weight excluding hydrogens is 180 g/mol. The molecule has 0 aliphatic heterocycles. The van der Waals surface area contributed by atoms with Crippen LogP contribution < -0.4 is 5.32 Å². The molecule has 0 aliphatic rings. The Morgan fingerprint density at radius 1 is 1.36 bits per heavy atom. The predicted octanol–water partition coefficient (Wildman–Crippen LogP) is 2.97. The molecule has 4 nitrogen and oxygen atoms in total. The number of hydrogen-bond acceptors (Lipinski definition) is 3. The maximum Gasteiger partial charge on any atom is 0.269 e. The van der Waals surface area contributed by atoms with Gasteiger partial charge in [0.05, 0.1) is 4.92 Å². The van der Waals surface area contributed by atoms with Crippen LogP contribution >= 0.6 is 0 Å². The van der Waals surface area contributed by atoms with E-state index in [0.29, 0.717) is 0 Å². The zero-order valence-corrected chi connectivity index (χ0v) is 9.00. The smallest absolute Gasteiger partial charge is 0.269 e. The third kappa shape index (κ3) is 3.05. The fourth-order valence-electron chi connectivity index (χ4n) is 1.04. The van der Waals surface area contributed by atoms with Gasteiger partial charge in [0.25, 0.3) is 5.69 Å². The number of anilines is 1. The van der Waals surface area contributed by atoms with E-state index in [1.54, 1.807) is 19.2 Å². The summed E-state index contributed by atoms with van der Waals surface area (Å²) >= 11 is 0. The lowest BCUT2D eigenvalue weighted by Crippen LogP contribution is -1.93. The Balaban J connectivity index is 0.000000791. The number of nitrogens with one attached hydrogen (secondary N) is 1. The van der Waals surface area contributed by atoms with Gasteiger partial charge in [-0.05, 0) is 18.6 Å². The standard InChI is InChI=1S/C8H10N2O2.C2H6/c1-6-5-7(10(11)12)3-4-8(6)9-2;1-2/h3-5,9H,1-2H3;1-2H3. The minimum absolute atomic E-state index is 0.131. The largest absolute Gasteiger partial charge is 0.388 e. The average molecular weight is 196 g/mol. The first-order valence-corrected chi connectivity index (χ1v) is 4.58. The number of rotatable bonds is 2. The van der Waals surface area contributed by atoms with Crippen LogP contribution in [0, 0.1) is 17.0 Å². The quantitative estimate of drug-likeness (QED) is 0.584. The van der Waals surface area contributed by atoms with Gasteiger partial charge >= 0.3 is 0 Å². The van der Waals surface area contributed by atoms with Crippen molar-refractivity contribution in [2.45, 2.75) is 20.8 Å². The van der Waals surface area contributed by atoms with Crippen molar-refractivity contribution in [3.8, 4) is 0 Å². The van der Waals surface area contributed by atoms with Crippen LogP contribution in [-0.4, -0.2) is 12.0 Å².